The fourth-order valence-corrected chi connectivity index (χ4v) is 3.70. The number of rotatable bonds is 6. The Morgan fingerprint density at radius 1 is 1.14 bits per heavy atom. The quantitative estimate of drug-likeness (QED) is 0.630. The van der Waals surface area contributed by atoms with E-state index in [1.54, 1.807) is 30.3 Å². The third-order valence-electron chi connectivity index (χ3n) is 4.60. The number of benzene rings is 2. The van der Waals surface area contributed by atoms with Gasteiger partial charge in [-0.3, -0.25) is 4.79 Å². The van der Waals surface area contributed by atoms with Crippen LogP contribution in [0.4, 0.5) is 0 Å². The third-order valence-corrected chi connectivity index (χ3v) is 5.73. The maximum absolute atomic E-state index is 12.4. The average molecular weight is 397 g/mol. The number of aryl methyl sites for hydroxylation is 1. The van der Waals surface area contributed by atoms with Crippen LogP contribution < -0.4 is 5.32 Å². The Hall–Kier alpha value is -2.86. The van der Waals surface area contributed by atoms with Crippen molar-refractivity contribution in [1.82, 2.24) is 5.32 Å². The van der Waals surface area contributed by atoms with Crippen molar-refractivity contribution in [1.29, 1.82) is 0 Å². The fraction of sp³-hybridized carbons (Fsp3) is 0.227. The van der Waals surface area contributed by atoms with Crippen LogP contribution in [0.2, 0.25) is 0 Å². The first-order chi connectivity index (χ1) is 13.3. The zero-order chi connectivity index (χ0) is 20.3. The molecule has 1 unspecified atom stereocenters. The van der Waals surface area contributed by atoms with Crippen molar-refractivity contribution in [3.8, 4) is 0 Å². The molecule has 1 atom stereocenters. The monoisotopic (exact) mass is 397 g/mol. The second-order valence-corrected chi connectivity index (χ2v) is 8.71. The van der Waals surface area contributed by atoms with Crippen molar-refractivity contribution in [2.45, 2.75) is 31.2 Å². The fourth-order valence-electron chi connectivity index (χ4n) is 3.07. The molecular formula is C22H23NO4S. The van der Waals surface area contributed by atoms with Gasteiger partial charge in [-0.1, -0.05) is 37.3 Å². The van der Waals surface area contributed by atoms with Gasteiger partial charge in [0.2, 0.25) is 5.91 Å². The predicted molar refractivity (Wildman–Crippen MR) is 111 cm³/mol. The maximum atomic E-state index is 12.4. The van der Waals surface area contributed by atoms with Gasteiger partial charge in [-0.05, 0) is 36.8 Å². The minimum atomic E-state index is -3.23. The summed E-state index contributed by atoms with van der Waals surface area (Å²) in [5.74, 6) is 0.613. The number of carbonyl (C=O) groups excluding carboxylic acids is 1. The Bertz CT molecular complexity index is 1130. The van der Waals surface area contributed by atoms with E-state index in [-0.39, 0.29) is 16.8 Å². The predicted octanol–water partition coefficient (Wildman–Crippen LogP) is 4.29. The van der Waals surface area contributed by atoms with Gasteiger partial charge in [0.05, 0.1) is 10.9 Å². The van der Waals surface area contributed by atoms with Crippen molar-refractivity contribution in [2.75, 3.05) is 6.26 Å². The Balaban J connectivity index is 1.73. The SMILES string of the molecule is CCc1oc2ccccc2c1/C=C/C(=O)NC(C)c1ccc(S(C)(=O)=O)cc1. The van der Waals surface area contributed by atoms with Crippen LogP contribution in [0.15, 0.2) is 63.9 Å². The first-order valence-electron chi connectivity index (χ1n) is 9.08. The minimum Gasteiger partial charge on any atom is -0.460 e. The van der Waals surface area contributed by atoms with E-state index in [1.807, 2.05) is 38.1 Å². The molecule has 1 N–H and O–H groups in total. The van der Waals surface area contributed by atoms with Gasteiger partial charge in [-0.15, -0.1) is 0 Å². The Labute approximate surface area is 165 Å². The number of hydrogen-bond acceptors (Lipinski definition) is 4. The van der Waals surface area contributed by atoms with Gasteiger partial charge in [-0.2, -0.15) is 0 Å². The topological polar surface area (TPSA) is 76.4 Å². The molecule has 0 fully saturated rings. The summed E-state index contributed by atoms with van der Waals surface area (Å²) >= 11 is 0. The summed E-state index contributed by atoms with van der Waals surface area (Å²) in [4.78, 5) is 12.6. The van der Waals surface area contributed by atoms with Gasteiger partial charge >= 0.3 is 0 Å². The van der Waals surface area contributed by atoms with E-state index >= 15 is 0 Å². The first kappa shape index (κ1) is 19.9. The van der Waals surface area contributed by atoms with E-state index in [9.17, 15) is 13.2 Å². The molecule has 0 saturated heterocycles. The van der Waals surface area contributed by atoms with E-state index in [1.165, 1.54) is 12.3 Å². The summed E-state index contributed by atoms with van der Waals surface area (Å²) in [5, 5.41) is 3.88. The van der Waals surface area contributed by atoms with E-state index in [4.69, 9.17) is 4.42 Å². The lowest BCUT2D eigenvalue weighted by Crippen LogP contribution is -2.24. The number of sulfone groups is 1. The minimum absolute atomic E-state index is 0.230. The van der Waals surface area contributed by atoms with E-state index in [2.05, 4.69) is 5.32 Å². The van der Waals surface area contributed by atoms with Crippen molar-refractivity contribution in [3.63, 3.8) is 0 Å². The highest BCUT2D eigenvalue weighted by atomic mass is 32.2. The molecule has 0 aliphatic rings. The van der Waals surface area contributed by atoms with Crippen LogP contribution in [0.25, 0.3) is 17.0 Å². The lowest BCUT2D eigenvalue weighted by Gasteiger charge is -2.13. The molecule has 3 rings (SSSR count). The van der Waals surface area contributed by atoms with Gasteiger partial charge in [0.15, 0.2) is 9.84 Å². The van der Waals surface area contributed by atoms with Crippen LogP contribution in [-0.2, 0) is 21.1 Å². The number of hydrogen-bond donors (Lipinski definition) is 1. The van der Waals surface area contributed by atoms with Crippen LogP contribution in [0.5, 0.6) is 0 Å². The van der Waals surface area contributed by atoms with E-state index < -0.39 is 9.84 Å². The Morgan fingerprint density at radius 2 is 1.82 bits per heavy atom. The molecule has 0 aliphatic heterocycles. The normalized spacial score (nSPS) is 13.1. The van der Waals surface area contributed by atoms with Gasteiger partial charge < -0.3 is 9.73 Å². The number of amides is 1. The molecule has 0 spiro atoms. The number of carbonyl (C=O) groups is 1. The highest BCUT2D eigenvalue weighted by molar-refractivity contribution is 7.90. The molecule has 1 aromatic heterocycles. The lowest BCUT2D eigenvalue weighted by atomic mass is 10.1. The zero-order valence-electron chi connectivity index (χ0n) is 16.1. The second-order valence-electron chi connectivity index (χ2n) is 6.69. The number of nitrogens with one attached hydrogen (secondary N) is 1. The van der Waals surface area contributed by atoms with Gasteiger partial charge in [-0.25, -0.2) is 8.42 Å². The summed E-state index contributed by atoms with van der Waals surface area (Å²) < 4.78 is 28.9. The molecule has 0 aliphatic carbocycles. The third kappa shape index (κ3) is 4.34. The summed E-state index contributed by atoms with van der Waals surface area (Å²) in [5.41, 5.74) is 2.55. The average Bonchev–Trinajstić information content (AvgIpc) is 3.03. The van der Waals surface area contributed by atoms with Crippen LogP contribution in [0.3, 0.4) is 0 Å². The molecule has 5 nitrogen and oxygen atoms in total. The second kappa shape index (κ2) is 8.02. The molecular weight excluding hydrogens is 374 g/mol. The van der Waals surface area contributed by atoms with Crippen LogP contribution >= 0.6 is 0 Å². The molecule has 0 bridgehead atoms. The van der Waals surface area contributed by atoms with Gasteiger partial charge in [0.25, 0.3) is 0 Å². The van der Waals surface area contributed by atoms with E-state index in [0.29, 0.717) is 0 Å². The highest BCUT2D eigenvalue weighted by Gasteiger charge is 2.12. The largest absolute Gasteiger partial charge is 0.460 e. The maximum Gasteiger partial charge on any atom is 0.244 e. The Kier molecular flexibility index (Phi) is 5.70. The lowest BCUT2D eigenvalue weighted by molar-refractivity contribution is -0.117. The number of fused-ring (bicyclic) bond motifs is 1. The summed E-state index contributed by atoms with van der Waals surface area (Å²) in [6.07, 6.45) is 5.18. The van der Waals surface area contributed by atoms with Gasteiger partial charge in [0, 0.05) is 29.7 Å². The highest BCUT2D eigenvalue weighted by Crippen LogP contribution is 2.27. The molecule has 2 aromatic carbocycles. The van der Waals surface area contributed by atoms with Crippen molar-refractivity contribution in [3.05, 3.63) is 71.5 Å². The molecule has 146 valence electrons. The molecule has 1 amide bonds. The van der Waals surface area contributed by atoms with Crippen molar-refractivity contribution < 1.29 is 17.6 Å². The van der Waals surface area contributed by atoms with Crippen LogP contribution in [0, 0.1) is 0 Å². The van der Waals surface area contributed by atoms with Crippen molar-refractivity contribution >= 4 is 32.8 Å². The Morgan fingerprint density at radius 3 is 2.46 bits per heavy atom. The van der Waals surface area contributed by atoms with E-state index in [0.717, 1.165) is 34.3 Å². The molecule has 28 heavy (non-hydrogen) atoms. The summed E-state index contributed by atoms with van der Waals surface area (Å²) in [7, 11) is -3.23. The summed E-state index contributed by atoms with van der Waals surface area (Å²) in [6, 6.07) is 14.0. The van der Waals surface area contributed by atoms with Gasteiger partial charge in [0.1, 0.15) is 11.3 Å². The molecule has 0 radical (unpaired) electrons. The standard InChI is InChI=1S/C22H23NO4S/c1-4-20-19(18-7-5-6-8-21(18)27-20)13-14-22(24)23-15(2)16-9-11-17(12-10-16)28(3,25)26/h5-15H,4H2,1-3H3,(H,23,24)/b14-13+. The van der Waals surface area contributed by atoms with Crippen molar-refractivity contribution in [2.24, 2.45) is 0 Å². The first-order valence-corrected chi connectivity index (χ1v) is 11.0. The zero-order valence-corrected chi connectivity index (χ0v) is 16.9. The molecule has 6 heteroatoms. The summed E-state index contributed by atoms with van der Waals surface area (Å²) in [6.45, 7) is 3.86. The molecule has 3 aromatic rings. The molecule has 0 saturated carbocycles. The number of para-hydroxylation sites is 1. The molecule has 1 heterocycles. The van der Waals surface area contributed by atoms with Crippen LogP contribution in [-0.4, -0.2) is 20.6 Å². The smallest absolute Gasteiger partial charge is 0.244 e. The van der Waals surface area contributed by atoms with Crippen LogP contribution in [0.1, 0.15) is 36.8 Å². The number of furan rings is 1.